The second-order valence-corrected chi connectivity index (χ2v) is 4.76. The van der Waals surface area contributed by atoms with Crippen molar-refractivity contribution in [2.75, 3.05) is 11.1 Å². The predicted molar refractivity (Wildman–Crippen MR) is 74.2 cm³/mol. The van der Waals surface area contributed by atoms with Crippen LogP contribution in [0.15, 0.2) is 47.8 Å². The molecule has 0 atom stereocenters. The summed E-state index contributed by atoms with van der Waals surface area (Å²) in [6, 6.07) is 11.7. The van der Waals surface area contributed by atoms with Crippen LogP contribution in [0.25, 0.3) is 0 Å². The number of anilines is 1. The Morgan fingerprint density at radius 2 is 2.05 bits per heavy atom. The number of benzene rings is 1. The van der Waals surface area contributed by atoms with Gasteiger partial charge in [0.15, 0.2) is 0 Å². The maximum atomic E-state index is 10.5. The van der Waals surface area contributed by atoms with Crippen LogP contribution in [-0.2, 0) is 11.3 Å². The van der Waals surface area contributed by atoms with Crippen molar-refractivity contribution in [3.8, 4) is 0 Å². The third-order valence-corrected chi connectivity index (χ3v) is 3.21. The second kappa shape index (κ2) is 6.75. The lowest BCUT2D eigenvalue weighted by Crippen LogP contribution is -2.02. The molecule has 6 heteroatoms. The molecule has 2 rings (SSSR count). The largest absolute Gasteiger partial charge is 0.481 e. The standard InChI is InChI=1S/C13H13N3O2S/c17-13(18)8-19-12-6-11(15-9-16-12)14-7-10-4-2-1-3-5-10/h1-6,9H,7-8H2,(H,17,18)(H,14,15,16). The summed E-state index contributed by atoms with van der Waals surface area (Å²) in [4.78, 5) is 18.6. The van der Waals surface area contributed by atoms with Crippen LogP contribution in [0, 0.1) is 0 Å². The average molecular weight is 275 g/mol. The molecule has 1 aromatic carbocycles. The maximum Gasteiger partial charge on any atom is 0.313 e. The van der Waals surface area contributed by atoms with E-state index in [0.717, 1.165) is 5.56 Å². The van der Waals surface area contributed by atoms with Gasteiger partial charge in [0.25, 0.3) is 0 Å². The highest BCUT2D eigenvalue weighted by Gasteiger charge is 2.03. The Labute approximate surface area is 115 Å². The summed E-state index contributed by atoms with van der Waals surface area (Å²) in [6.07, 6.45) is 1.43. The van der Waals surface area contributed by atoms with Gasteiger partial charge in [0.2, 0.25) is 0 Å². The van der Waals surface area contributed by atoms with Crippen molar-refractivity contribution in [3.63, 3.8) is 0 Å². The molecule has 19 heavy (non-hydrogen) atoms. The molecule has 0 spiro atoms. The van der Waals surface area contributed by atoms with Crippen molar-refractivity contribution in [2.45, 2.75) is 11.6 Å². The summed E-state index contributed by atoms with van der Waals surface area (Å²) in [5.74, 6) is -0.177. The maximum absolute atomic E-state index is 10.5. The first-order chi connectivity index (χ1) is 9.24. The van der Waals surface area contributed by atoms with Crippen molar-refractivity contribution in [2.24, 2.45) is 0 Å². The molecule has 0 fully saturated rings. The molecule has 2 aromatic rings. The molecule has 0 saturated heterocycles. The fraction of sp³-hybridized carbons (Fsp3) is 0.154. The van der Waals surface area contributed by atoms with E-state index in [0.29, 0.717) is 17.4 Å². The second-order valence-electron chi connectivity index (χ2n) is 3.76. The van der Waals surface area contributed by atoms with Crippen LogP contribution in [0.4, 0.5) is 5.82 Å². The van der Waals surface area contributed by atoms with Crippen LogP contribution in [0.5, 0.6) is 0 Å². The molecule has 0 radical (unpaired) electrons. The van der Waals surface area contributed by atoms with E-state index in [-0.39, 0.29) is 5.75 Å². The number of aromatic nitrogens is 2. The molecule has 0 unspecified atom stereocenters. The number of rotatable bonds is 6. The SMILES string of the molecule is O=C(O)CSc1cc(NCc2ccccc2)ncn1. The number of carboxylic acids is 1. The van der Waals surface area contributed by atoms with Crippen LogP contribution < -0.4 is 5.32 Å². The summed E-state index contributed by atoms with van der Waals surface area (Å²) < 4.78 is 0. The minimum absolute atomic E-state index is 0.00482. The Hall–Kier alpha value is -2.08. The molecule has 5 nitrogen and oxygen atoms in total. The van der Waals surface area contributed by atoms with Gasteiger partial charge in [0.1, 0.15) is 17.2 Å². The number of nitrogens with zero attached hydrogens (tertiary/aromatic N) is 2. The average Bonchev–Trinajstić information content (AvgIpc) is 2.44. The van der Waals surface area contributed by atoms with Gasteiger partial charge in [-0.25, -0.2) is 9.97 Å². The lowest BCUT2D eigenvalue weighted by molar-refractivity contribution is -0.133. The van der Waals surface area contributed by atoms with Crippen LogP contribution in [0.1, 0.15) is 5.56 Å². The molecule has 0 aliphatic heterocycles. The number of carboxylic acid groups (broad SMARTS) is 1. The van der Waals surface area contributed by atoms with Crippen molar-refractivity contribution < 1.29 is 9.90 Å². The summed E-state index contributed by atoms with van der Waals surface area (Å²) in [7, 11) is 0. The molecule has 98 valence electrons. The Bertz CT molecular complexity index is 549. The van der Waals surface area contributed by atoms with Gasteiger partial charge in [-0.1, -0.05) is 42.1 Å². The number of hydrogen-bond acceptors (Lipinski definition) is 5. The molecule has 0 aliphatic carbocycles. The van der Waals surface area contributed by atoms with Gasteiger partial charge in [-0.15, -0.1) is 0 Å². The number of carbonyl (C=O) groups is 1. The first-order valence-electron chi connectivity index (χ1n) is 5.68. The van der Waals surface area contributed by atoms with Crippen LogP contribution in [0.3, 0.4) is 0 Å². The molecular weight excluding hydrogens is 262 g/mol. The Kier molecular flexibility index (Phi) is 4.74. The van der Waals surface area contributed by atoms with Crippen molar-refractivity contribution in [3.05, 3.63) is 48.3 Å². The van der Waals surface area contributed by atoms with E-state index < -0.39 is 5.97 Å². The summed E-state index contributed by atoms with van der Waals surface area (Å²) in [5.41, 5.74) is 1.15. The highest BCUT2D eigenvalue weighted by molar-refractivity contribution is 7.99. The van der Waals surface area contributed by atoms with E-state index in [4.69, 9.17) is 5.11 Å². The van der Waals surface area contributed by atoms with E-state index in [1.54, 1.807) is 6.07 Å². The van der Waals surface area contributed by atoms with Gasteiger partial charge in [-0.05, 0) is 5.56 Å². The third kappa shape index (κ3) is 4.59. The normalized spacial score (nSPS) is 10.1. The van der Waals surface area contributed by atoms with Gasteiger partial charge in [-0.2, -0.15) is 0 Å². The van der Waals surface area contributed by atoms with E-state index in [1.807, 2.05) is 30.3 Å². The smallest absolute Gasteiger partial charge is 0.313 e. The zero-order chi connectivity index (χ0) is 13.5. The van der Waals surface area contributed by atoms with Crippen molar-refractivity contribution in [1.29, 1.82) is 0 Å². The van der Waals surface area contributed by atoms with Crippen molar-refractivity contribution in [1.82, 2.24) is 9.97 Å². The number of aliphatic carboxylic acids is 1. The number of hydrogen-bond donors (Lipinski definition) is 2. The minimum atomic E-state index is -0.859. The molecule has 0 aliphatic rings. The van der Waals surface area contributed by atoms with Crippen molar-refractivity contribution >= 4 is 23.5 Å². The fourth-order valence-electron chi connectivity index (χ4n) is 1.44. The molecule has 2 N–H and O–H groups in total. The van der Waals surface area contributed by atoms with Crippen LogP contribution >= 0.6 is 11.8 Å². The fourth-order valence-corrected chi connectivity index (χ4v) is 2.03. The Morgan fingerprint density at radius 1 is 1.26 bits per heavy atom. The highest BCUT2D eigenvalue weighted by Crippen LogP contribution is 2.17. The zero-order valence-electron chi connectivity index (χ0n) is 10.1. The van der Waals surface area contributed by atoms with E-state index in [1.165, 1.54) is 18.1 Å². The monoisotopic (exact) mass is 275 g/mol. The van der Waals surface area contributed by atoms with E-state index >= 15 is 0 Å². The third-order valence-electron chi connectivity index (χ3n) is 2.30. The molecular formula is C13H13N3O2S. The molecule has 0 amide bonds. The molecule has 0 saturated carbocycles. The van der Waals surface area contributed by atoms with Crippen LogP contribution in [0.2, 0.25) is 0 Å². The number of nitrogens with one attached hydrogen (secondary N) is 1. The van der Waals surface area contributed by atoms with Gasteiger partial charge < -0.3 is 10.4 Å². The van der Waals surface area contributed by atoms with Gasteiger partial charge in [-0.3, -0.25) is 4.79 Å². The molecule has 1 aromatic heterocycles. The number of thioether (sulfide) groups is 1. The lowest BCUT2D eigenvalue weighted by Gasteiger charge is -2.06. The summed E-state index contributed by atoms with van der Waals surface area (Å²) in [5, 5.41) is 12.4. The summed E-state index contributed by atoms with van der Waals surface area (Å²) >= 11 is 1.17. The van der Waals surface area contributed by atoms with Gasteiger partial charge >= 0.3 is 5.97 Å². The first-order valence-corrected chi connectivity index (χ1v) is 6.67. The molecule has 1 heterocycles. The Balaban J connectivity index is 1.93. The van der Waals surface area contributed by atoms with Crippen LogP contribution in [-0.4, -0.2) is 26.8 Å². The highest BCUT2D eigenvalue weighted by atomic mass is 32.2. The topological polar surface area (TPSA) is 75.1 Å². The Morgan fingerprint density at radius 3 is 2.79 bits per heavy atom. The van der Waals surface area contributed by atoms with E-state index in [9.17, 15) is 4.79 Å². The zero-order valence-corrected chi connectivity index (χ0v) is 10.9. The first kappa shape index (κ1) is 13.4. The van der Waals surface area contributed by atoms with Gasteiger partial charge in [0.05, 0.1) is 5.75 Å². The predicted octanol–water partition coefficient (Wildman–Crippen LogP) is 2.27. The molecule has 0 bridgehead atoms. The lowest BCUT2D eigenvalue weighted by atomic mass is 10.2. The quantitative estimate of drug-likeness (QED) is 0.622. The minimum Gasteiger partial charge on any atom is -0.481 e. The van der Waals surface area contributed by atoms with Gasteiger partial charge in [0, 0.05) is 12.6 Å². The van der Waals surface area contributed by atoms with E-state index in [2.05, 4.69) is 15.3 Å². The summed E-state index contributed by atoms with van der Waals surface area (Å²) in [6.45, 7) is 0.668.